The van der Waals surface area contributed by atoms with Gasteiger partial charge in [0, 0.05) is 12.6 Å². The van der Waals surface area contributed by atoms with Crippen molar-refractivity contribution in [1.82, 2.24) is 5.32 Å². The lowest BCUT2D eigenvalue weighted by molar-refractivity contribution is -0.0627. The van der Waals surface area contributed by atoms with E-state index in [9.17, 15) is 0 Å². The summed E-state index contributed by atoms with van der Waals surface area (Å²) in [4.78, 5) is 0. The van der Waals surface area contributed by atoms with Crippen LogP contribution in [0.15, 0.2) is 0 Å². The molecule has 2 nitrogen and oxygen atoms in total. The normalized spacial score (nSPS) is 27.5. The summed E-state index contributed by atoms with van der Waals surface area (Å²) >= 11 is 0. The maximum atomic E-state index is 5.66. The second kappa shape index (κ2) is 4.97. The van der Waals surface area contributed by atoms with Crippen LogP contribution in [0.5, 0.6) is 0 Å². The minimum absolute atomic E-state index is 0.0854. The molecule has 0 spiro atoms. The van der Waals surface area contributed by atoms with Gasteiger partial charge in [-0.3, -0.25) is 0 Å². The zero-order chi connectivity index (χ0) is 9.73. The molecule has 13 heavy (non-hydrogen) atoms. The van der Waals surface area contributed by atoms with E-state index >= 15 is 0 Å². The summed E-state index contributed by atoms with van der Waals surface area (Å²) in [5.41, 5.74) is 0.0854. The van der Waals surface area contributed by atoms with E-state index in [1.165, 1.54) is 19.3 Å². The largest absolute Gasteiger partial charge is 0.375 e. The highest BCUT2D eigenvalue weighted by Gasteiger charge is 2.27. The van der Waals surface area contributed by atoms with Gasteiger partial charge in [0.1, 0.15) is 0 Å². The first-order valence-corrected chi connectivity index (χ1v) is 5.51. The summed E-state index contributed by atoms with van der Waals surface area (Å²) < 4.78 is 5.66. The quantitative estimate of drug-likeness (QED) is 0.679. The number of hydrogen-bond donors (Lipinski definition) is 1. The van der Waals surface area contributed by atoms with Crippen LogP contribution < -0.4 is 5.32 Å². The molecule has 1 heterocycles. The van der Waals surface area contributed by atoms with Crippen LogP contribution in [0, 0.1) is 0 Å². The minimum Gasteiger partial charge on any atom is -0.375 e. The fourth-order valence-corrected chi connectivity index (χ4v) is 1.89. The van der Waals surface area contributed by atoms with Crippen molar-refractivity contribution in [2.75, 3.05) is 13.2 Å². The first kappa shape index (κ1) is 11.0. The monoisotopic (exact) mass is 185 g/mol. The molecule has 0 aliphatic carbocycles. The maximum Gasteiger partial charge on any atom is 0.0641 e. The molecule has 0 amide bonds. The Morgan fingerprint density at radius 3 is 2.85 bits per heavy atom. The van der Waals surface area contributed by atoms with Crippen molar-refractivity contribution in [2.24, 2.45) is 0 Å². The average molecular weight is 185 g/mol. The highest BCUT2D eigenvalue weighted by atomic mass is 16.5. The lowest BCUT2D eigenvalue weighted by Gasteiger charge is -2.36. The van der Waals surface area contributed by atoms with E-state index in [2.05, 4.69) is 26.1 Å². The second-order valence-corrected chi connectivity index (χ2v) is 4.61. The molecule has 1 saturated heterocycles. The van der Waals surface area contributed by atoms with E-state index < -0.39 is 0 Å². The van der Waals surface area contributed by atoms with Gasteiger partial charge in [-0.25, -0.2) is 0 Å². The molecule has 0 aromatic carbocycles. The topological polar surface area (TPSA) is 21.3 Å². The molecule has 1 aliphatic heterocycles. The molecule has 1 unspecified atom stereocenters. The van der Waals surface area contributed by atoms with E-state index in [4.69, 9.17) is 4.74 Å². The van der Waals surface area contributed by atoms with Gasteiger partial charge < -0.3 is 10.1 Å². The molecule has 78 valence electrons. The second-order valence-electron chi connectivity index (χ2n) is 4.61. The molecule has 1 atom stereocenters. The van der Waals surface area contributed by atoms with E-state index in [1.807, 2.05) is 0 Å². The molecular formula is C11H23NO. The van der Waals surface area contributed by atoms with Crippen molar-refractivity contribution in [3.8, 4) is 0 Å². The third kappa shape index (κ3) is 4.10. The van der Waals surface area contributed by atoms with Gasteiger partial charge >= 0.3 is 0 Å². The van der Waals surface area contributed by atoms with Crippen LogP contribution in [0.1, 0.15) is 46.5 Å². The van der Waals surface area contributed by atoms with Crippen LogP contribution in [-0.4, -0.2) is 24.8 Å². The first-order valence-electron chi connectivity index (χ1n) is 5.51. The van der Waals surface area contributed by atoms with Crippen molar-refractivity contribution >= 4 is 0 Å². The van der Waals surface area contributed by atoms with Gasteiger partial charge in [0.2, 0.25) is 0 Å². The molecule has 0 aromatic rings. The van der Waals surface area contributed by atoms with Crippen LogP contribution in [0.2, 0.25) is 0 Å². The Hall–Kier alpha value is -0.0800. The van der Waals surface area contributed by atoms with Crippen molar-refractivity contribution in [3.63, 3.8) is 0 Å². The summed E-state index contributed by atoms with van der Waals surface area (Å²) in [6, 6.07) is 0.676. The fourth-order valence-electron chi connectivity index (χ4n) is 1.89. The molecule has 0 saturated carbocycles. The molecule has 0 radical (unpaired) electrons. The van der Waals surface area contributed by atoms with E-state index in [-0.39, 0.29) is 5.60 Å². The highest BCUT2D eigenvalue weighted by Crippen LogP contribution is 2.23. The van der Waals surface area contributed by atoms with Crippen molar-refractivity contribution in [2.45, 2.75) is 58.1 Å². The van der Waals surface area contributed by atoms with Gasteiger partial charge in [-0.1, -0.05) is 13.3 Å². The smallest absolute Gasteiger partial charge is 0.0641 e. The van der Waals surface area contributed by atoms with Gasteiger partial charge in [0.15, 0.2) is 0 Å². The van der Waals surface area contributed by atoms with Crippen molar-refractivity contribution in [1.29, 1.82) is 0 Å². The lowest BCUT2D eigenvalue weighted by atomic mass is 9.94. The molecule has 2 heteroatoms. The van der Waals surface area contributed by atoms with Crippen molar-refractivity contribution in [3.05, 3.63) is 0 Å². The van der Waals surface area contributed by atoms with Gasteiger partial charge in [-0.2, -0.15) is 0 Å². The summed E-state index contributed by atoms with van der Waals surface area (Å²) in [6.45, 7) is 8.67. The zero-order valence-electron chi connectivity index (χ0n) is 9.23. The summed E-state index contributed by atoms with van der Waals surface area (Å²) in [5, 5.41) is 3.60. The average Bonchev–Trinajstić information content (AvgIpc) is 2.03. The van der Waals surface area contributed by atoms with E-state index in [0.29, 0.717) is 6.04 Å². The Balaban J connectivity index is 2.19. The molecule has 1 aliphatic rings. The number of ether oxygens (including phenoxy) is 1. The summed E-state index contributed by atoms with van der Waals surface area (Å²) in [5.74, 6) is 0. The van der Waals surface area contributed by atoms with Gasteiger partial charge in [-0.05, 0) is 39.7 Å². The van der Waals surface area contributed by atoms with Gasteiger partial charge in [0.25, 0.3) is 0 Å². The molecule has 1 fully saturated rings. The SMILES string of the molecule is CCCCNC1CCOC(C)(C)C1. The highest BCUT2D eigenvalue weighted by molar-refractivity contribution is 4.82. The predicted molar refractivity (Wildman–Crippen MR) is 56.0 cm³/mol. The molecule has 1 N–H and O–H groups in total. The Bertz CT molecular complexity index is 145. The fraction of sp³-hybridized carbons (Fsp3) is 1.00. The van der Waals surface area contributed by atoms with Crippen LogP contribution in [0.4, 0.5) is 0 Å². The molecule has 0 bridgehead atoms. The number of rotatable bonds is 4. The number of hydrogen-bond acceptors (Lipinski definition) is 2. The number of unbranched alkanes of at least 4 members (excludes halogenated alkanes) is 1. The molecule has 0 aromatic heterocycles. The Labute approximate surface area is 82.0 Å². The maximum absolute atomic E-state index is 5.66. The van der Waals surface area contributed by atoms with Crippen LogP contribution in [0.3, 0.4) is 0 Å². The Kier molecular flexibility index (Phi) is 4.20. The van der Waals surface area contributed by atoms with Gasteiger partial charge in [-0.15, -0.1) is 0 Å². The third-order valence-electron chi connectivity index (χ3n) is 2.66. The summed E-state index contributed by atoms with van der Waals surface area (Å²) in [7, 11) is 0. The lowest BCUT2D eigenvalue weighted by Crippen LogP contribution is -2.43. The standard InChI is InChI=1S/C11H23NO/c1-4-5-7-12-10-6-8-13-11(2,3)9-10/h10,12H,4-9H2,1-3H3. The van der Waals surface area contributed by atoms with E-state index in [0.717, 1.165) is 19.6 Å². The molecule has 1 rings (SSSR count). The van der Waals surface area contributed by atoms with Crippen LogP contribution >= 0.6 is 0 Å². The third-order valence-corrected chi connectivity index (χ3v) is 2.66. The molecular weight excluding hydrogens is 162 g/mol. The van der Waals surface area contributed by atoms with Crippen molar-refractivity contribution < 1.29 is 4.74 Å². The Morgan fingerprint density at radius 1 is 1.46 bits per heavy atom. The predicted octanol–water partition coefficient (Wildman–Crippen LogP) is 2.33. The van der Waals surface area contributed by atoms with Crippen LogP contribution in [0.25, 0.3) is 0 Å². The Morgan fingerprint density at radius 2 is 2.23 bits per heavy atom. The van der Waals surface area contributed by atoms with Crippen LogP contribution in [-0.2, 0) is 4.74 Å². The van der Waals surface area contributed by atoms with E-state index in [1.54, 1.807) is 0 Å². The first-order chi connectivity index (χ1) is 6.14. The van der Waals surface area contributed by atoms with Gasteiger partial charge in [0.05, 0.1) is 5.60 Å². The summed E-state index contributed by atoms with van der Waals surface area (Å²) in [6.07, 6.45) is 4.89. The zero-order valence-corrected chi connectivity index (χ0v) is 9.23. The minimum atomic E-state index is 0.0854. The number of nitrogens with one attached hydrogen (secondary N) is 1.